The third kappa shape index (κ3) is 1.83. The van der Waals surface area contributed by atoms with Gasteiger partial charge in [-0.3, -0.25) is 0 Å². The van der Waals surface area contributed by atoms with Crippen LogP contribution in [0.2, 0.25) is 0 Å². The van der Waals surface area contributed by atoms with E-state index in [4.69, 9.17) is 10.3 Å². The quantitative estimate of drug-likeness (QED) is 0.750. The molecule has 3 unspecified atom stereocenters. The van der Waals surface area contributed by atoms with Crippen molar-refractivity contribution in [1.82, 2.24) is 0 Å². The van der Waals surface area contributed by atoms with Crippen LogP contribution in [0.25, 0.3) is 0 Å². The minimum Gasteiger partial charge on any atom is -0.465 e. The Kier molecular flexibility index (Phi) is 2.61. The number of rotatable bonds is 4. The number of nitrogens with two attached hydrogens (primary N) is 1. The Morgan fingerprint density at radius 3 is 2.93 bits per heavy atom. The molecule has 1 aliphatic carbocycles. The second-order valence-corrected chi connectivity index (χ2v) is 4.29. The average Bonchev–Trinajstić information content (AvgIpc) is 2.70. The highest BCUT2D eigenvalue weighted by molar-refractivity contribution is 5.19. The summed E-state index contributed by atoms with van der Waals surface area (Å²) in [7, 11) is 0. The highest BCUT2D eigenvalue weighted by Gasteiger charge is 2.36. The number of hydrogen-bond donors (Lipinski definition) is 1. The molecule has 0 aromatic carbocycles. The highest BCUT2D eigenvalue weighted by Crippen LogP contribution is 2.47. The van der Waals surface area contributed by atoms with Crippen LogP contribution in [0.15, 0.2) is 16.5 Å². The molecule has 0 saturated heterocycles. The average molecular weight is 195 g/mol. The molecular weight excluding hydrogens is 178 g/mol. The largest absolute Gasteiger partial charge is 0.465 e. The van der Waals surface area contributed by atoms with Gasteiger partial charge in [0.25, 0.3) is 0 Å². The molecule has 3 atom stereocenters. The summed E-state index contributed by atoms with van der Waals surface area (Å²) in [6.07, 6.45) is 1.26. The van der Waals surface area contributed by atoms with E-state index in [-0.39, 0.29) is 5.92 Å². The van der Waals surface area contributed by atoms with Crippen molar-refractivity contribution >= 4 is 0 Å². The zero-order valence-corrected chi connectivity index (χ0v) is 8.69. The molecule has 0 bridgehead atoms. The zero-order chi connectivity index (χ0) is 10.1. The third-order valence-electron chi connectivity index (χ3n) is 2.95. The first-order valence-corrected chi connectivity index (χ1v) is 5.13. The van der Waals surface area contributed by atoms with E-state index in [0.29, 0.717) is 12.5 Å². The van der Waals surface area contributed by atoms with Gasteiger partial charge < -0.3 is 9.25 Å². The van der Waals surface area contributed by atoms with Gasteiger partial charge in [0.05, 0.1) is 6.61 Å². The summed E-state index contributed by atoms with van der Waals surface area (Å²) in [4.78, 5) is 4.60. The van der Waals surface area contributed by atoms with Crippen molar-refractivity contribution in [3.8, 4) is 0 Å². The zero-order valence-electron chi connectivity index (χ0n) is 8.69. The van der Waals surface area contributed by atoms with Gasteiger partial charge in [0.15, 0.2) is 0 Å². The highest BCUT2D eigenvalue weighted by atomic mass is 16.6. The molecule has 2 rings (SSSR count). The topological polar surface area (TPSA) is 48.4 Å². The van der Waals surface area contributed by atoms with E-state index in [1.165, 1.54) is 6.42 Å². The lowest BCUT2D eigenvalue weighted by Gasteiger charge is -2.05. The molecule has 3 nitrogen and oxygen atoms in total. The maximum atomic E-state index is 5.76. The van der Waals surface area contributed by atoms with Crippen molar-refractivity contribution in [2.24, 2.45) is 11.8 Å². The van der Waals surface area contributed by atoms with Gasteiger partial charge in [0.2, 0.25) is 0 Å². The first-order valence-electron chi connectivity index (χ1n) is 5.13. The van der Waals surface area contributed by atoms with Crippen LogP contribution >= 0.6 is 0 Å². The molecule has 1 fully saturated rings. The maximum Gasteiger partial charge on any atom is 0.109 e. The third-order valence-corrected chi connectivity index (χ3v) is 2.95. The van der Waals surface area contributed by atoms with E-state index in [2.05, 4.69) is 17.8 Å². The Bertz CT molecular complexity index is 308. The molecule has 14 heavy (non-hydrogen) atoms. The van der Waals surface area contributed by atoms with Crippen molar-refractivity contribution in [1.29, 1.82) is 0 Å². The first-order chi connectivity index (χ1) is 6.72. The van der Waals surface area contributed by atoms with Gasteiger partial charge >= 0.3 is 0 Å². The molecule has 78 valence electrons. The van der Waals surface area contributed by atoms with E-state index in [0.717, 1.165) is 17.4 Å². The van der Waals surface area contributed by atoms with Crippen LogP contribution in [-0.2, 0) is 4.84 Å². The van der Waals surface area contributed by atoms with Crippen LogP contribution in [0.4, 0.5) is 0 Å². The molecule has 3 heteroatoms. The predicted molar refractivity (Wildman–Crippen MR) is 53.8 cm³/mol. The van der Waals surface area contributed by atoms with E-state index in [1.807, 2.05) is 13.0 Å². The van der Waals surface area contributed by atoms with Crippen molar-refractivity contribution in [2.75, 3.05) is 6.61 Å². The predicted octanol–water partition coefficient (Wildman–Crippen LogP) is 2.40. The van der Waals surface area contributed by atoms with Crippen LogP contribution in [0.5, 0.6) is 0 Å². The van der Waals surface area contributed by atoms with Crippen LogP contribution < -0.4 is 5.90 Å². The van der Waals surface area contributed by atoms with Crippen LogP contribution in [0.1, 0.15) is 43.6 Å². The van der Waals surface area contributed by atoms with Gasteiger partial charge in [-0.2, -0.15) is 0 Å². The van der Waals surface area contributed by atoms with Crippen molar-refractivity contribution in [3.63, 3.8) is 0 Å². The standard InChI is InChI=1S/C11H17NO2/c1-7-5-9(7)11-4-3-10(14-11)8(2)6-13-12/h3-4,7-9H,5-6,12H2,1-2H3. The lowest BCUT2D eigenvalue weighted by atomic mass is 10.1. The van der Waals surface area contributed by atoms with Gasteiger partial charge in [-0.05, 0) is 24.5 Å². The van der Waals surface area contributed by atoms with Gasteiger partial charge in [0, 0.05) is 11.8 Å². The second-order valence-electron chi connectivity index (χ2n) is 4.29. The molecule has 1 saturated carbocycles. The molecule has 1 aromatic rings. The summed E-state index contributed by atoms with van der Waals surface area (Å²) in [5.74, 6) is 8.80. The fourth-order valence-electron chi connectivity index (χ4n) is 1.78. The van der Waals surface area contributed by atoms with E-state index in [1.54, 1.807) is 0 Å². The second kappa shape index (κ2) is 3.75. The van der Waals surface area contributed by atoms with E-state index < -0.39 is 0 Å². The van der Waals surface area contributed by atoms with E-state index >= 15 is 0 Å². The molecule has 0 amide bonds. The summed E-state index contributed by atoms with van der Waals surface area (Å²) in [6.45, 7) is 4.80. The Hall–Kier alpha value is -0.800. The van der Waals surface area contributed by atoms with E-state index in [9.17, 15) is 0 Å². The molecule has 0 spiro atoms. The van der Waals surface area contributed by atoms with Gasteiger partial charge in [-0.25, -0.2) is 5.90 Å². The molecule has 2 N–H and O–H groups in total. The normalized spacial score (nSPS) is 27.6. The minimum atomic E-state index is 0.239. The Morgan fingerprint density at radius 2 is 2.36 bits per heavy atom. The summed E-state index contributed by atoms with van der Waals surface area (Å²) in [5, 5.41) is 0. The van der Waals surface area contributed by atoms with Crippen LogP contribution in [0, 0.1) is 5.92 Å². The minimum absolute atomic E-state index is 0.239. The Morgan fingerprint density at radius 1 is 1.64 bits per heavy atom. The van der Waals surface area contributed by atoms with Gasteiger partial charge in [-0.15, -0.1) is 0 Å². The Balaban J connectivity index is 2.02. The summed E-state index contributed by atoms with van der Waals surface area (Å²) in [5.41, 5.74) is 0. The van der Waals surface area contributed by atoms with Gasteiger partial charge in [0.1, 0.15) is 11.5 Å². The summed E-state index contributed by atoms with van der Waals surface area (Å²) < 4.78 is 5.76. The first kappa shape index (κ1) is 9.74. The summed E-state index contributed by atoms with van der Waals surface area (Å²) >= 11 is 0. The maximum absolute atomic E-state index is 5.76. The molecule has 0 aliphatic heterocycles. The van der Waals surface area contributed by atoms with Crippen LogP contribution in [0.3, 0.4) is 0 Å². The van der Waals surface area contributed by atoms with Crippen molar-refractivity contribution in [3.05, 3.63) is 23.7 Å². The Labute approximate surface area is 84.2 Å². The fourth-order valence-corrected chi connectivity index (χ4v) is 1.78. The molecule has 0 radical (unpaired) electrons. The SMILES string of the molecule is CC(CON)c1ccc(C2CC2C)o1. The van der Waals surface area contributed by atoms with Crippen molar-refractivity contribution < 1.29 is 9.25 Å². The number of hydrogen-bond acceptors (Lipinski definition) is 3. The molecule has 1 heterocycles. The fraction of sp³-hybridized carbons (Fsp3) is 0.636. The lowest BCUT2D eigenvalue weighted by Crippen LogP contribution is -2.07. The number of furan rings is 1. The summed E-state index contributed by atoms with van der Waals surface area (Å²) in [6, 6.07) is 4.11. The van der Waals surface area contributed by atoms with Crippen LogP contribution in [-0.4, -0.2) is 6.61 Å². The smallest absolute Gasteiger partial charge is 0.109 e. The molecule has 1 aliphatic rings. The van der Waals surface area contributed by atoms with Crippen molar-refractivity contribution in [2.45, 2.75) is 32.1 Å². The lowest BCUT2D eigenvalue weighted by molar-refractivity contribution is 0.121. The van der Waals surface area contributed by atoms with Gasteiger partial charge in [-0.1, -0.05) is 13.8 Å². The molecule has 1 aromatic heterocycles. The monoisotopic (exact) mass is 195 g/mol. The molecular formula is C11H17NO2.